The van der Waals surface area contributed by atoms with Gasteiger partial charge in [-0.1, -0.05) is 18.2 Å². The predicted octanol–water partition coefficient (Wildman–Crippen LogP) is 2.28. The van der Waals surface area contributed by atoms with Gasteiger partial charge in [-0.3, -0.25) is 4.79 Å². The molecule has 1 aromatic carbocycles. The first-order chi connectivity index (χ1) is 10.2. The van der Waals surface area contributed by atoms with Crippen molar-refractivity contribution in [1.82, 2.24) is 4.98 Å². The number of benzene rings is 1. The molecular formula is C15H17N3O2S. The zero-order valence-corrected chi connectivity index (χ0v) is 12.5. The van der Waals surface area contributed by atoms with Crippen LogP contribution in [0.2, 0.25) is 0 Å². The van der Waals surface area contributed by atoms with Gasteiger partial charge >= 0.3 is 0 Å². The number of ether oxygens (including phenoxy) is 1. The van der Waals surface area contributed by atoms with Gasteiger partial charge in [-0.2, -0.15) is 0 Å². The first-order valence-electron chi connectivity index (χ1n) is 6.43. The number of nitrogens with zero attached hydrogens (tertiary/aromatic N) is 1. The molecule has 6 heteroatoms. The summed E-state index contributed by atoms with van der Waals surface area (Å²) in [5.41, 5.74) is 7.01. The number of thioether (sulfide) groups is 1. The van der Waals surface area contributed by atoms with Crippen LogP contribution in [0.25, 0.3) is 0 Å². The van der Waals surface area contributed by atoms with Crippen LogP contribution in [0.15, 0.2) is 47.4 Å². The van der Waals surface area contributed by atoms with E-state index < -0.39 is 0 Å². The van der Waals surface area contributed by atoms with E-state index in [2.05, 4.69) is 10.3 Å². The highest BCUT2D eigenvalue weighted by Crippen LogP contribution is 2.27. The van der Waals surface area contributed by atoms with Crippen molar-refractivity contribution in [3.8, 4) is 5.88 Å². The average Bonchev–Trinajstić information content (AvgIpc) is 2.52. The van der Waals surface area contributed by atoms with Crippen molar-refractivity contribution < 1.29 is 9.53 Å². The second kappa shape index (κ2) is 7.54. The van der Waals surface area contributed by atoms with Crippen molar-refractivity contribution in [3.63, 3.8) is 0 Å². The SMILES string of the molecule is COc1cccc(CNc2ccccc2SCC(N)=O)n1. The van der Waals surface area contributed by atoms with Crippen LogP contribution in [0, 0.1) is 0 Å². The van der Waals surface area contributed by atoms with Gasteiger partial charge in [0, 0.05) is 16.6 Å². The minimum Gasteiger partial charge on any atom is -0.481 e. The van der Waals surface area contributed by atoms with Gasteiger partial charge in [0.15, 0.2) is 0 Å². The maximum Gasteiger partial charge on any atom is 0.227 e. The molecule has 0 atom stereocenters. The molecule has 0 unspecified atom stereocenters. The number of nitrogens with two attached hydrogens (primary N) is 1. The zero-order valence-electron chi connectivity index (χ0n) is 11.7. The summed E-state index contributed by atoms with van der Waals surface area (Å²) in [5.74, 6) is 0.519. The fraction of sp³-hybridized carbons (Fsp3) is 0.200. The molecule has 3 N–H and O–H groups in total. The molecule has 2 rings (SSSR count). The van der Waals surface area contributed by atoms with Gasteiger partial charge in [0.25, 0.3) is 0 Å². The lowest BCUT2D eigenvalue weighted by Gasteiger charge is -2.11. The molecule has 110 valence electrons. The van der Waals surface area contributed by atoms with E-state index in [1.165, 1.54) is 11.8 Å². The molecule has 0 saturated heterocycles. The number of hydrogen-bond acceptors (Lipinski definition) is 5. The molecule has 0 fully saturated rings. The van der Waals surface area contributed by atoms with E-state index in [9.17, 15) is 4.79 Å². The van der Waals surface area contributed by atoms with Gasteiger partial charge in [0.2, 0.25) is 11.8 Å². The van der Waals surface area contributed by atoms with Gasteiger partial charge < -0.3 is 15.8 Å². The lowest BCUT2D eigenvalue weighted by atomic mass is 10.3. The van der Waals surface area contributed by atoms with Crippen LogP contribution in [-0.4, -0.2) is 23.8 Å². The fourth-order valence-corrected chi connectivity index (χ4v) is 2.51. The third kappa shape index (κ3) is 4.68. The molecule has 1 aromatic heterocycles. The van der Waals surface area contributed by atoms with Crippen LogP contribution < -0.4 is 15.8 Å². The van der Waals surface area contributed by atoms with Crippen LogP contribution in [0.4, 0.5) is 5.69 Å². The Morgan fingerprint density at radius 1 is 1.29 bits per heavy atom. The number of pyridine rings is 1. The van der Waals surface area contributed by atoms with Gasteiger partial charge in [0.05, 0.1) is 25.1 Å². The number of hydrogen-bond donors (Lipinski definition) is 2. The van der Waals surface area contributed by atoms with Crippen molar-refractivity contribution >= 4 is 23.4 Å². The number of carbonyl (C=O) groups is 1. The number of aromatic nitrogens is 1. The molecule has 0 spiro atoms. The number of nitrogens with one attached hydrogen (secondary N) is 1. The van der Waals surface area contributed by atoms with Gasteiger partial charge in [-0.15, -0.1) is 11.8 Å². The summed E-state index contributed by atoms with van der Waals surface area (Å²) in [5, 5.41) is 3.31. The van der Waals surface area contributed by atoms with Crippen LogP contribution >= 0.6 is 11.8 Å². The van der Waals surface area contributed by atoms with Gasteiger partial charge in [-0.05, 0) is 18.2 Å². The molecule has 0 aliphatic carbocycles. The summed E-state index contributed by atoms with van der Waals surface area (Å²) in [6, 6.07) is 13.4. The number of carbonyl (C=O) groups excluding carboxylic acids is 1. The fourth-order valence-electron chi connectivity index (χ4n) is 1.74. The quantitative estimate of drug-likeness (QED) is 0.767. The van der Waals surface area contributed by atoms with E-state index in [1.807, 2.05) is 36.4 Å². The number of primary amides is 1. The largest absolute Gasteiger partial charge is 0.481 e. The lowest BCUT2D eigenvalue weighted by molar-refractivity contribution is -0.115. The highest BCUT2D eigenvalue weighted by Gasteiger charge is 2.05. The average molecular weight is 303 g/mol. The Labute approximate surface area is 127 Å². The van der Waals surface area contributed by atoms with Crippen molar-refractivity contribution in [2.24, 2.45) is 5.73 Å². The number of rotatable bonds is 7. The molecule has 1 amide bonds. The number of amides is 1. The topological polar surface area (TPSA) is 77.2 Å². The normalized spacial score (nSPS) is 10.1. The molecule has 0 aliphatic heterocycles. The smallest absolute Gasteiger partial charge is 0.227 e. The highest BCUT2D eigenvalue weighted by molar-refractivity contribution is 8.00. The Hall–Kier alpha value is -2.21. The Balaban J connectivity index is 2.03. The molecule has 5 nitrogen and oxygen atoms in total. The predicted molar refractivity (Wildman–Crippen MR) is 84.5 cm³/mol. The van der Waals surface area contributed by atoms with Gasteiger partial charge in [-0.25, -0.2) is 4.98 Å². The first kappa shape index (κ1) is 15.2. The molecule has 0 radical (unpaired) electrons. The van der Waals surface area contributed by atoms with Crippen molar-refractivity contribution in [2.45, 2.75) is 11.4 Å². The standard InChI is InChI=1S/C15H17N3O2S/c1-20-15-8-4-5-11(18-15)9-17-12-6-2-3-7-13(12)21-10-14(16)19/h2-8,17H,9-10H2,1H3,(H2,16,19). The molecule has 0 saturated carbocycles. The van der Waals surface area contributed by atoms with E-state index in [4.69, 9.17) is 10.5 Å². The Kier molecular flexibility index (Phi) is 5.45. The van der Waals surface area contributed by atoms with Crippen LogP contribution in [0.5, 0.6) is 5.88 Å². The van der Waals surface area contributed by atoms with E-state index in [0.717, 1.165) is 16.3 Å². The van der Waals surface area contributed by atoms with E-state index >= 15 is 0 Å². The Morgan fingerprint density at radius 3 is 2.86 bits per heavy atom. The van der Waals surface area contributed by atoms with Crippen LogP contribution in [-0.2, 0) is 11.3 Å². The molecule has 1 heterocycles. The van der Waals surface area contributed by atoms with Crippen LogP contribution in [0.3, 0.4) is 0 Å². The minimum atomic E-state index is -0.329. The third-order valence-electron chi connectivity index (χ3n) is 2.71. The summed E-state index contributed by atoms with van der Waals surface area (Å²) >= 11 is 1.42. The van der Waals surface area contributed by atoms with E-state index in [-0.39, 0.29) is 11.7 Å². The Bertz CT molecular complexity index is 619. The maximum absolute atomic E-state index is 10.9. The van der Waals surface area contributed by atoms with Crippen molar-refractivity contribution in [1.29, 1.82) is 0 Å². The second-order valence-corrected chi connectivity index (χ2v) is 5.29. The third-order valence-corrected chi connectivity index (χ3v) is 3.80. The summed E-state index contributed by atoms with van der Waals surface area (Å²) in [6.45, 7) is 0.575. The maximum atomic E-state index is 10.9. The number of anilines is 1. The van der Waals surface area contributed by atoms with E-state index in [0.29, 0.717) is 12.4 Å². The minimum absolute atomic E-state index is 0.260. The summed E-state index contributed by atoms with van der Waals surface area (Å²) in [4.78, 5) is 16.2. The summed E-state index contributed by atoms with van der Waals surface area (Å²) in [7, 11) is 1.59. The highest BCUT2D eigenvalue weighted by atomic mass is 32.2. The van der Waals surface area contributed by atoms with Crippen LogP contribution in [0.1, 0.15) is 5.69 Å². The summed E-state index contributed by atoms with van der Waals surface area (Å²) in [6.07, 6.45) is 0. The first-order valence-corrected chi connectivity index (χ1v) is 7.41. The molecule has 0 aliphatic rings. The Morgan fingerprint density at radius 2 is 2.10 bits per heavy atom. The second-order valence-electron chi connectivity index (χ2n) is 4.28. The molecule has 0 bridgehead atoms. The molecule has 21 heavy (non-hydrogen) atoms. The molecular weight excluding hydrogens is 286 g/mol. The number of methoxy groups -OCH3 is 1. The summed E-state index contributed by atoms with van der Waals surface area (Å²) < 4.78 is 5.10. The zero-order chi connectivity index (χ0) is 15.1. The van der Waals surface area contributed by atoms with Crippen molar-refractivity contribution in [2.75, 3.05) is 18.2 Å². The van der Waals surface area contributed by atoms with Crippen molar-refractivity contribution in [3.05, 3.63) is 48.2 Å². The number of para-hydroxylation sites is 1. The monoisotopic (exact) mass is 303 g/mol. The van der Waals surface area contributed by atoms with E-state index in [1.54, 1.807) is 13.2 Å². The molecule has 2 aromatic rings. The lowest BCUT2D eigenvalue weighted by Crippen LogP contribution is -2.13. The van der Waals surface area contributed by atoms with Gasteiger partial charge in [0.1, 0.15) is 0 Å².